The van der Waals surface area contributed by atoms with Gasteiger partial charge in [-0.25, -0.2) is 4.98 Å². The highest BCUT2D eigenvalue weighted by atomic mass is 16.1. The van der Waals surface area contributed by atoms with Gasteiger partial charge in [-0.15, -0.1) is 0 Å². The summed E-state index contributed by atoms with van der Waals surface area (Å²) in [4.78, 5) is 26.9. The van der Waals surface area contributed by atoms with E-state index in [1.807, 2.05) is 6.07 Å². The van der Waals surface area contributed by atoms with Crippen molar-refractivity contribution in [2.45, 2.75) is 39.0 Å². The van der Waals surface area contributed by atoms with Crippen molar-refractivity contribution in [3.63, 3.8) is 0 Å². The average molecular weight is 372 g/mol. The highest BCUT2D eigenvalue weighted by molar-refractivity contribution is 5.85. The number of pyridine rings is 1. The molecule has 28 heavy (non-hydrogen) atoms. The van der Waals surface area contributed by atoms with E-state index in [0.29, 0.717) is 0 Å². The van der Waals surface area contributed by atoms with Crippen LogP contribution in [-0.2, 0) is 18.3 Å². The molecule has 5 heteroatoms. The standard InChI is InChI=1S/C23H24N4O/c1-23(2,3)16-9-7-15(8-10-16)20-18(21-22(27-20)25-14-13-24-21)12-11-17-5-4-6-19(28)26-17/h4-10,13-14H,11-12H2,1-3H3,(H,25,27)(H,26,28). The lowest BCUT2D eigenvalue weighted by Crippen LogP contribution is -2.10. The summed E-state index contributed by atoms with van der Waals surface area (Å²) in [5, 5.41) is 0. The highest BCUT2D eigenvalue weighted by Gasteiger charge is 2.17. The molecule has 0 amide bonds. The second-order valence-corrected chi connectivity index (χ2v) is 8.10. The topological polar surface area (TPSA) is 74.4 Å². The van der Waals surface area contributed by atoms with Crippen LogP contribution in [0.4, 0.5) is 0 Å². The largest absolute Gasteiger partial charge is 0.338 e. The zero-order chi connectivity index (χ0) is 19.7. The molecule has 5 nitrogen and oxygen atoms in total. The number of rotatable bonds is 4. The third-order valence-electron chi connectivity index (χ3n) is 5.04. The number of aryl methyl sites for hydroxylation is 2. The van der Waals surface area contributed by atoms with E-state index in [2.05, 4.69) is 65.0 Å². The maximum atomic E-state index is 11.6. The van der Waals surface area contributed by atoms with Crippen LogP contribution in [0.3, 0.4) is 0 Å². The van der Waals surface area contributed by atoms with Crippen LogP contribution in [0.2, 0.25) is 0 Å². The van der Waals surface area contributed by atoms with Crippen molar-refractivity contribution >= 4 is 11.2 Å². The van der Waals surface area contributed by atoms with Crippen molar-refractivity contribution in [3.8, 4) is 11.3 Å². The molecule has 0 spiro atoms. The van der Waals surface area contributed by atoms with Gasteiger partial charge in [0.05, 0.1) is 5.69 Å². The Bertz CT molecular complexity index is 1160. The van der Waals surface area contributed by atoms with Crippen LogP contribution in [-0.4, -0.2) is 19.9 Å². The smallest absolute Gasteiger partial charge is 0.248 e. The molecular weight excluding hydrogens is 348 g/mol. The molecule has 4 rings (SSSR count). The third-order valence-corrected chi connectivity index (χ3v) is 5.04. The summed E-state index contributed by atoms with van der Waals surface area (Å²) in [7, 11) is 0. The monoisotopic (exact) mass is 372 g/mol. The van der Waals surface area contributed by atoms with Gasteiger partial charge in [-0.1, -0.05) is 51.1 Å². The lowest BCUT2D eigenvalue weighted by Gasteiger charge is -2.19. The number of H-pyrrole nitrogens is 2. The van der Waals surface area contributed by atoms with E-state index in [0.717, 1.165) is 46.5 Å². The first kappa shape index (κ1) is 18.2. The second kappa shape index (κ2) is 7.08. The summed E-state index contributed by atoms with van der Waals surface area (Å²) < 4.78 is 0. The number of nitrogens with one attached hydrogen (secondary N) is 2. The van der Waals surface area contributed by atoms with E-state index in [1.54, 1.807) is 18.5 Å². The Morgan fingerprint density at radius 1 is 0.893 bits per heavy atom. The highest BCUT2D eigenvalue weighted by Crippen LogP contribution is 2.31. The molecule has 0 aliphatic heterocycles. The zero-order valence-corrected chi connectivity index (χ0v) is 16.4. The number of aromatic amines is 2. The van der Waals surface area contributed by atoms with Crippen LogP contribution in [0.15, 0.2) is 59.7 Å². The molecule has 2 N–H and O–H groups in total. The normalized spacial score (nSPS) is 11.8. The fourth-order valence-corrected chi connectivity index (χ4v) is 3.49. The number of aromatic nitrogens is 4. The molecule has 0 atom stereocenters. The van der Waals surface area contributed by atoms with Gasteiger partial charge in [0.2, 0.25) is 5.56 Å². The lowest BCUT2D eigenvalue weighted by atomic mass is 9.86. The molecule has 142 valence electrons. The zero-order valence-electron chi connectivity index (χ0n) is 16.4. The van der Waals surface area contributed by atoms with Crippen molar-refractivity contribution in [2.24, 2.45) is 0 Å². The quantitative estimate of drug-likeness (QED) is 0.558. The van der Waals surface area contributed by atoms with Gasteiger partial charge >= 0.3 is 0 Å². The van der Waals surface area contributed by atoms with E-state index >= 15 is 0 Å². The number of benzene rings is 1. The first-order chi connectivity index (χ1) is 13.4. The summed E-state index contributed by atoms with van der Waals surface area (Å²) in [6, 6.07) is 13.9. The van der Waals surface area contributed by atoms with Crippen LogP contribution in [0, 0.1) is 0 Å². The molecule has 0 fully saturated rings. The van der Waals surface area contributed by atoms with Crippen molar-refractivity contribution in [2.75, 3.05) is 0 Å². The first-order valence-electron chi connectivity index (χ1n) is 9.52. The van der Waals surface area contributed by atoms with Crippen LogP contribution >= 0.6 is 0 Å². The van der Waals surface area contributed by atoms with Gasteiger partial charge < -0.3 is 9.97 Å². The first-order valence-corrected chi connectivity index (χ1v) is 9.52. The van der Waals surface area contributed by atoms with Crippen LogP contribution in [0.1, 0.15) is 37.6 Å². The van der Waals surface area contributed by atoms with Gasteiger partial charge in [-0.3, -0.25) is 9.78 Å². The molecule has 0 radical (unpaired) electrons. The molecule has 0 aliphatic rings. The molecule has 0 aliphatic carbocycles. The van der Waals surface area contributed by atoms with Crippen LogP contribution in [0.25, 0.3) is 22.4 Å². The summed E-state index contributed by atoms with van der Waals surface area (Å²) in [5.74, 6) is 0. The molecule has 0 saturated heterocycles. The van der Waals surface area contributed by atoms with E-state index < -0.39 is 0 Å². The number of hydrogen-bond acceptors (Lipinski definition) is 3. The van der Waals surface area contributed by atoms with Gasteiger partial charge in [0, 0.05) is 29.7 Å². The molecule has 3 aromatic heterocycles. The summed E-state index contributed by atoms with van der Waals surface area (Å²) in [5.41, 5.74) is 7.20. The number of hydrogen-bond donors (Lipinski definition) is 2. The summed E-state index contributed by atoms with van der Waals surface area (Å²) in [6.07, 6.45) is 4.90. The Labute approximate surface area is 163 Å². The number of fused-ring (bicyclic) bond motifs is 1. The molecule has 0 bridgehead atoms. The minimum atomic E-state index is -0.0748. The van der Waals surface area contributed by atoms with Crippen molar-refractivity contribution in [1.82, 2.24) is 19.9 Å². The Hall–Kier alpha value is -3.21. The predicted octanol–water partition coefficient (Wildman–Crippen LogP) is 4.40. The van der Waals surface area contributed by atoms with E-state index in [1.165, 1.54) is 11.6 Å². The predicted molar refractivity (Wildman–Crippen MR) is 112 cm³/mol. The van der Waals surface area contributed by atoms with Crippen molar-refractivity contribution in [1.29, 1.82) is 0 Å². The third kappa shape index (κ3) is 3.60. The summed E-state index contributed by atoms with van der Waals surface area (Å²) in [6.45, 7) is 6.64. The van der Waals surface area contributed by atoms with Crippen LogP contribution < -0.4 is 5.56 Å². The Balaban J connectivity index is 1.74. The Morgan fingerprint density at radius 3 is 2.36 bits per heavy atom. The van der Waals surface area contributed by atoms with Gasteiger partial charge in [0.25, 0.3) is 0 Å². The minimum Gasteiger partial charge on any atom is -0.338 e. The lowest BCUT2D eigenvalue weighted by molar-refractivity contribution is 0.590. The Kier molecular flexibility index (Phi) is 4.59. The fourth-order valence-electron chi connectivity index (χ4n) is 3.49. The van der Waals surface area contributed by atoms with Gasteiger partial charge in [0.1, 0.15) is 5.52 Å². The van der Waals surface area contributed by atoms with E-state index in [9.17, 15) is 4.79 Å². The van der Waals surface area contributed by atoms with Gasteiger partial charge in [-0.05, 0) is 35.4 Å². The van der Waals surface area contributed by atoms with Gasteiger partial charge in [-0.2, -0.15) is 0 Å². The summed E-state index contributed by atoms with van der Waals surface area (Å²) >= 11 is 0. The molecular formula is C23H24N4O. The molecule has 3 heterocycles. The maximum Gasteiger partial charge on any atom is 0.248 e. The van der Waals surface area contributed by atoms with E-state index in [-0.39, 0.29) is 11.0 Å². The Morgan fingerprint density at radius 2 is 1.64 bits per heavy atom. The van der Waals surface area contributed by atoms with Crippen molar-refractivity contribution < 1.29 is 0 Å². The maximum absolute atomic E-state index is 11.6. The second-order valence-electron chi connectivity index (χ2n) is 8.10. The molecule has 1 aromatic carbocycles. The minimum absolute atomic E-state index is 0.0748. The molecule has 0 saturated carbocycles. The molecule has 0 unspecified atom stereocenters. The van der Waals surface area contributed by atoms with Crippen molar-refractivity contribution in [3.05, 3.63) is 82.0 Å². The van der Waals surface area contributed by atoms with Crippen LogP contribution in [0.5, 0.6) is 0 Å². The van der Waals surface area contributed by atoms with Gasteiger partial charge in [0.15, 0.2) is 5.65 Å². The SMILES string of the molecule is CC(C)(C)c1ccc(-c2[nH]c3nccnc3c2CCc2cccc(=O)[nH]2)cc1. The molecule has 4 aromatic rings. The van der Waals surface area contributed by atoms with E-state index in [4.69, 9.17) is 0 Å². The number of nitrogens with zero attached hydrogens (tertiary/aromatic N) is 2. The average Bonchev–Trinajstić information content (AvgIpc) is 3.04. The fraction of sp³-hybridized carbons (Fsp3) is 0.261.